The maximum absolute atomic E-state index is 13.5. The van der Waals surface area contributed by atoms with E-state index in [1.807, 2.05) is 13.8 Å². The molecular formula is C27H34FN3O5. The lowest BCUT2D eigenvalue weighted by Gasteiger charge is -2.36. The summed E-state index contributed by atoms with van der Waals surface area (Å²) in [5.41, 5.74) is 1.23. The minimum atomic E-state index is -0.417. The number of rotatable bonds is 4. The molecule has 3 amide bonds. The summed E-state index contributed by atoms with van der Waals surface area (Å²) in [5.74, 6) is -0.863. The van der Waals surface area contributed by atoms with E-state index in [-0.39, 0.29) is 42.4 Å². The Kier molecular flexibility index (Phi) is 9.03. The molecule has 3 atom stereocenters. The summed E-state index contributed by atoms with van der Waals surface area (Å²) < 4.78 is 25.3. The summed E-state index contributed by atoms with van der Waals surface area (Å²) in [7, 11) is 3.27. The van der Waals surface area contributed by atoms with Crippen molar-refractivity contribution in [3.63, 3.8) is 0 Å². The summed E-state index contributed by atoms with van der Waals surface area (Å²) in [6.07, 6.45) is -0.0187. The molecule has 3 rings (SSSR count). The van der Waals surface area contributed by atoms with E-state index in [0.29, 0.717) is 42.1 Å². The topological polar surface area (TPSA) is 88.2 Å². The number of nitrogens with zero attached hydrogens (tertiary/aromatic N) is 2. The SMILES string of the molecule is CCC(=O)Nc1ccc2c(c1)OC[C@H](C)N(C(=O)c1ccc(F)cc1)C[C@H](C)[C@@H](OC)CN(C)C2=O. The Bertz CT molecular complexity index is 1090. The molecule has 0 aromatic heterocycles. The van der Waals surface area contributed by atoms with Gasteiger partial charge in [0.05, 0.1) is 17.7 Å². The fourth-order valence-electron chi connectivity index (χ4n) is 4.14. The molecule has 2 aromatic carbocycles. The highest BCUT2D eigenvalue weighted by molar-refractivity contribution is 5.98. The molecule has 1 aliphatic heterocycles. The second kappa shape index (κ2) is 12.0. The van der Waals surface area contributed by atoms with Gasteiger partial charge in [0.1, 0.15) is 18.2 Å². The molecule has 8 nitrogen and oxygen atoms in total. The van der Waals surface area contributed by atoms with Crippen LogP contribution in [0.5, 0.6) is 5.75 Å². The van der Waals surface area contributed by atoms with Crippen molar-refractivity contribution >= 4 is 23.4 Å². The molecule has 1 N–H and O–H groups in total. The lowest BCUT2D eigenvalue weighted by molar-refractivity contribution is -0.115. The Morgan fingerprint density at radius 2 is 1.83 bits per heavy atom. The van der Waals surface area contributed by atoms with Gasteiger partial charge in [-0.15, -0.1) is 0 Å². The van der Waals surface area contributed by atoms with Crippen molar-refractivity contribution in [2.75, 3.05) is 39.2 Å². The third kappa shape index (κ3) is 6.40. The molecule has 0 radical (unpaired) electrons. The molecule has 0 unspecified atom stereocenters. The molecule has 0 saturated carbocycles. The van der Waals surface area contributed by atoms with Gasteiger partial charge in [-0.3, -0.25) is 14.4 Å². The van der Waals surface area contributed by atoms with Gasteiger partial charge in [-0.25, -0.2) is 4.39 Å². The molecule has 0 spiro atoms. The van der Waals surface area contributed by atoms with Crippen molar-refractivity contribution in [2.24, 2.45) is 5.92 Å². The van der Waals surface area contributed by atoms with Crippen molar-refractivity contribution in [3.8, 4) is 5.75 Å². The summed E-state index contributed by atoms with van der Waals surface area (Å²) in [6, 6.07) is 9.98. The zero-order chi connectivity index (χ0) is 26.4. The quantitative estimate of drug-likeness (QED) is 0.691. The molecule has 0 aliphatic carbocycles. The van der Waals surface area contributed by atoms with Crippen molar-refractivity contribution in [3.05, 3.63) is 59.4 Å². The highest BCUT2D eigenvalue weighted by atomic mass is 19.1. The highest BCUT2D eigenvalue weighted by Gasteiger charge is 2.31. The van der Waals surface area contributed by atoms with Crippen LogP contribution in [-0.4, -0.2) is 73.5 Å². The zero-order valence-corrected chi connectivity index (χ0v) is 21.4. The van der Waals surface area contributed by atoms with Gasteiger partial charge in [0, 0.05) is 56.9 Å². The van der Waals surface area contributed by atoms with Gasteiger partial charge in [-0.2, -0.15) is 0 Å². The summed E-state index contributed by atoms with van der Waals surface area (Å²) >= 11 is 0. The van der Waals surface area contributed by atoms with E-state index in [4.69, 9.17) is 9.47 Å². The van der Waals surface area contributed by atoms with Crippen molar-refractivity contribution in [1.29, 1.82) is 0 Å². The number of carbonyl (C=O) groups excluding carboxylic acids is 3. The maximum atomic E-state index is 13.5. The van der Waals surface area contributed by atoms with Crippen LogP contribution < -0.4 is 10.1 Å². The van der Waals surface area contributed by atoms with Crippen LogP contribution >= 0.6 is 0 Å². The lowest BCUT2D eigenvalue weighted by atomic mass is 10.0. The van der Waals surface area contributed by atoms with E-state index in [1.54, 1.807) is 49.1 Å². The Morgan fingerprint density at radius 1 is 1.14 bits per heavy atom. The van der Waals surface area contributed by atoms with Gasteiger partial charge >= 0.3 is 0 Å². The predicted octanol–water partition coefficient (Wildman–Crippen LogP) is 3.82. The molecule has 0 bridgehead atoms. The summed E-state index contributed by atoms with van der Waals surface area (Å²) in [6.45, 7) is 6.33. The number of amides is 3. The van der Waals surface area contributed by atoms with Crippen LogP contribution in [0, 0.1) is 11.7 Å². The van der Waals surface area contributed by atoms with Gasteiger partial charge < -0.3 is 24.6 Å². The fourth-order valence-corrected chi connectivity index (χ4v) is 4.14. The number of hydrogen-bond acceptors (Lipinski definition) is 5. The van der Waals surface area contributed by atoms with Crippen LogP contribution in [0.3, 0.4) is 0 Å². The Labute approximate surface area is 211 Å². The normalized spacial score (nSPS) is 21.1. The van der Waals surface area contributed by atoms with Gasteiger partial charge in [0.15, 0.2) is 0 Å². The van der Waals surface area contributed by atoms with Crippen molar-refractivity contribution in [1.82, 2.24) is 9.80 Å². The predicted molar refractivity (Wildman–Crippen MR) is 135 cm³/mol. The first kappa shape index (κ1) is 27.1. The van der Waals surface area contributed by atoms with Crippen LogP contribution in [0.25, 0.3) is 0 Å². The minimum Gasteiger partial charge on any atom is -0.491 e. The van der Waals surface area contributed by atoms with Crippen LogP contribution in [-0.2, 0) is 9.53 Å². The summed E-state index contributed by atoms with van der Waals surface area (Å²) in [5, 5.41) is 2.78. The monoisotopic (exact) mass is 499 g/mol. The third-order valence-corrected chi connectivity index (χ3v) is 6.40. The molecule has 9 heteroatoms. The molecule has 0 saturated heterocycles. The number of carbonyl (C=O) groups is 3. The highest BCUT2D eigenvalue weighted by Crippen LogP contribution is 2.27. The van der Waals surface area contributed by atoms with E-state index in [2.05, 4.69) is 5.32 Å². The number of ether oxygens (including phenoxy) is 2. The zero-order valence-electron chi connectivity index (χ0n) is 21.4. The molecule has 1 aliphatic rings. The van der Waals surface area contributed by atoms with Gasteiger partial charge in [0.25, 0.3) is 11.8 Å². The first-order chi connectivity index (χ1) is 17.1. The van der Waals surface area contributed by atoms with Crippen LogP contribution in [0.2, 0.25) is 0 Å². The fraction of sp³-hybridized carbons (Fsp3) is 0.444. The number of anilines is 1. The summed E-state index contributed by atoms with van der Waals surface area (Å²) in [4.78, 5) is 41.9. The molecule has 36 heavy (non-hydrogen) atoms. The van der Waals surface area contributed by atoms with E-state index in [9.17, 15) is 18.8 Å². The van der Waals surface area contributed by atoms with Gasteiger partial charge in [0.2, 0.25) is 5.91 Å². The second-order valence-electron chi connectivity index (χ2n) is 9.17. The molecular weight excluding hydrogens is 465 g/mol. The standard InChI is InChI=1S/C27H34FN3O5/c1-6-25(32)29-21-11-12-22-23(13-21)36-16-18(3)31(26(33)19-7-9-20(28)10-8-19)14-17(2)24(35-5)15-30(4)27(22)34/h7-13,17-18,24H,6,14-16H2,1-5H3,(H,29,32)/t17-,18-,24-/m0/s1. The first-order valence-corrected chi connectivity index (χ1v) is 12.1. The first-order valence-electron chi connectivity index (χ1n) is 12.1. The average molecular weight is 500 g/mol. The molecule has 2 aromatic rings. The Balaban J connectivity index is 1.99. The molecule has 194 valence electrons. The number of methoxy groups -OCH3 is 1. The van der Waals surface area contributed by atoms with E-state index in [1.165, 1.54) is 24.3 Å². The number of likely N-dealkylation sites (N-methyl/N-ethyl adjacent to an activating group) is 1. The number of nitrogens with one attached hydrogen (secondary N) is 1. The van der Waals surface area contributed by atoms with Crippen molar-refractivity contribution in [2.45, 2.75) is 39.3 Å². The second-order valence-corrected chi connectivity index (χ2v) is 9.17. The van der Waals surface area contributed by atoms with E-state index in [0.717, 1.165) is 0 Å². The van der Waals surface area contributed by atoms with E-state index >= 15 is 0 Å². The lowest BCUT2D eigenvalue weighted by Crippen LogP contribution is -2.48. The third-order valence-electron chi connectivity index (χ3n) is 6.40. The molecule has 1 heterocycles. The Hall–Kier alpha value is -3.46. The largest absolute Gasteiger partial charge is 0.491 e. The van der Waals surface area contributed by atoms with Crippen LogP contribution in [0.15, 0.2) is 42.5 Å². The van der Waals surface area contributed by atoms with Crippen LogP contribution in [0.4, 0.5) is 10.1 Å². The van der Waals surface area contributed by atoms with Crippen molar-refractivity contribution < 1.29 is 28.2 Å². The smallest absolute Gasteiger partial charge is 0.257 e. The minimum absolute atomic E-state index is 0.104. The molecule has 0 fully saturated rings. The maximum Gasteiger partial charge on any atom is 0.257 e. The Morgan fingerprint density at radius 3 is 2.47 bits per heavy atom. The number of fused-ring (bicyclic) bond motifs is 1. The van der Waals surface area contributed by atoms with Gasteiger partial charge in [-0.05, 0) is 43.3 Å². The number of benzene rings is 2. The van der Waals surface area contributed by atoms with Crippen LogP contribution in [0.1, 0.15) is 47.9 Å². The average Bonchev–Trinajstić information content (AvgIpc) is 2.87. The number of halogens is 1. The van der Waals surface area contributed by atoms with Gasteiger partial charge in [-0.1, -0.05) is 13.8 Å². The number of hydrogen-bond donors (Lipinski definition) is 1. The van der Waals surface area contributed by atoms with E-state index < -0.39 is 5.82 Å².